The summed E-state index contributed by atoms with van der Waals surface area (Å²) in [4.78, 5) is 18.0. The van der Waals surface area contributed by atoms with Crippen LogP contribution in [0.1, 0.15) is 29.5 Å². The molecule has 0 amide bonds. The maximum Gasteiger partial charge on any atom is 0.342 e. The number of esters is 1. The van der Waals surface area contributed by atoms with E-state index in [0.717, 1.165) is 16.7 Å². The molecule has 132 valence electrons. The number of aliphatic imine (C=N–C) groups is 1. The number of carbonyl (C=O) groups excluding carboxylic acids is 1. The third-order valence-corrected chi connectivity index (χ3v) is 5.85. The zero-order valence-electron chi connectivity index (χ0n) is 15.0. The van der Waals surface area contributed by atoms with Crippen molar-refractivity contribution < 1.29 is 9.53 Å². The first-order chi connectivity index (χ1) is 13.2. The van der Waals surface area contributed by atoms with Crippen molar-refractivity contribution >= 4 is 11.9 Å². The highest BCUT2D eigenvalue weighted by atomic mass is 16.6. The summed E-state index contributed by atoms with van der Waals surface area (Å²) in [5, 5.41) is 0. The number of carbonyl (C=O) groups is 1. The van der Waals surface area contributed by atoms with Gasteiger partial charge in [0.25, 0.3) is 0 Å². The van der Waals surface area contributed by atoms with Crippen LogP contribution >= 0.6 is 0 Å². The van der Waals surface area contributed by atoms with E-state index in [1.165, 1.54) is 0 Å². The third kappa shape index (κ3) is 1.97. The molecule has 27 heavy (non-hydrogen) atoms. The summed E-state index contributed by atoms with van der Waals surface area (Å²) in [6.07, 6.45) is 0. The van der Waals surface area contributed by atoms with Crippen molar-refractivity contribution in [3.63, 3.8) is 0 Å². The van der Waals surface area contributed by atoms with Gasteiger partial charge in [-0.2, -0.15) is 0 Å². The molecule has 1 aliphatic heterocycles. The minimum atomic E-state index is -0.957. The highest BCUT2D eigenvalue weighted by Gasteiger charge is 2.85. The van der Waals surface area contributed by atoms with Crippen LogP contribution in [0.2, 0.25) is 0 Å². The van der Waals surface area contributed by atoms with Crippen molar-refractivity contribution in [3.8, 4) is 0 Å². The van der Waals surface area contributed by atoms with E-state index in [2.05, 4.69) is 36.4 Å². The summed E-state index contributed by atoms with van der Waals surface area (Å²) >= 11 is 0. The highest BCUT2D eigenvalue weighted by Crippen LogP contribution is 2.75. The molecule has 1 saturated carbocycles. The van der Waals surface area contributed by atoms with Crippen LogP contribution in [0, 0.1) is 0 Å². The zero-order chi connectivity index (χ0) is 18.5. The Kier molecular flexibility index (Phi) is 3.35. The molecule has 3 aromatic carbocycles. The molecule has 1 fully saturated rings. The second-order valence-electron chi connectivity index (χ2n) is 7.17. The minimum Gasteiger partial charge on any atom is -0.410 e. The van der Waals surface area contributed by atoms with E-state index in [-0.39, 0.29) is 11.9 Å². The third-order valence-electron chi connectivity index (χ3n) is 5.85. The molecule has 0 N–H and O–H groups in total. The summed E-state index contributed by atoms with van der Waals surface area (Å²) in [6, 6.07) is 30.6. The van der Waals surface area contributed by atoms with Crippen LogP contribution in [-0.2, 0) is 14.9 Å². The second-order valence-corrected chi connectivity index (χ2v) is 7.17. The molecule has 0 aromatic heterocycles. The van der Waals surface area contributed by atoms with E-state index in [1.807, 2.05) is 54.6 Å². The fourth-order valence-electron chi connectivity index (χ4n) is 4.90. The first kappa shape index (κ1) is 16.0. The van der Waals surface area contributed by atoms with Crippen molar-refractivity contribution in [1.29, 1.82) is 0 Å². The molecule has 3 heteroatoms. The Balaban J connectivity index is 1.85. The maximum atomic E-state index is 13.2. The van der Waals surface area contributed by atoms with Crippen LogP contribution in [0.15, 0.2) is 96.0 Å². The number of cyclic esters (lactones) is 1. The van der Waals surface area contributed by atoms with Crippen molar-refractivity contribution in [2.75, 3.05) is 0 Å². The van der Waals surface area contributed by atoms with Crippen molar-refractivity contribution in [3.05, 3.63) is 108 Å². The normalized spacial score (nSPS) is 25.1. The van der Waals surface area contributed by atoms with Gasteiger partial charge in [0.1, 0.15) is 0 Å². The Labute approximate surface area is 158 Å². The van der Waals surface area contributed by atoms with E-state index < -0.39 is 11.0 Å². The lowest BCUT2D eigenvalue weighted by Gasteiger charge is -2.21. The summed E-state index contributed by atoms with van der Waals surface area (Å²) < 4.78 is 5.50. The second kappa shape index (κ2) is 5.65. The van der Waals surface area contributed by atoms with Crippen LogP contribution in [0.3, 0.4) is 0 Å². The Bertz CT molecular complexity index is 988. The van der Waals surface area contributed by atoms with Gasteiger partial charge in [0.2, 0.25) is 0 Å². The van der Waals surface area contributed by atoms with Crippen LogP contribution in [0.25, 0.3) is 0 Å². The molecule has 0 radical (unpaired) electrons. The van der Waals surface area contributed by atoms with Crippen LogP contribution in [-0.4, -0.2) is 17.4 Å². The predicted molar refractivity (Wildman–Crippen MR) is 105 cm³/mol. The molecule has 0 bridgehead atoms. The number of hydrogen-bond acceptors (Lipinski definition) is 3. The number of ether oxygens (including phenoxy) is 1. The van der Waals surface area contributed by atoms with Crippen LogP contribution < -0.4 is 0 Å². The molecular weight excluding hydrogens is 334 g/mol. The lowest BCUT2D eigenvalue weighted by atomic mass is 9.82. The average molecular weight is 353 g/mol. The Hall–Kier alpha value is -3.20. The van der Waals surface area contributed by atoms with Gasteiger partial charge in [-0.3, -0.25) is 0 Å². The SMILES string of the molecule is CC1=NC2(C(=O)O1)C(c1ccccc1)C2(c1ccccc1)c1ccccc1. The van der Waals surface area contributed by atoms with Gasteiger partial charge in [-0.25, -0.2) is 9.79 Å². The summed E-state index contributed by atoms with van der Waals surface area (Å²) in [5.74, 6) is 0.0668. The summed E-state index contributed by atoms with van der Waals surface area (Å²) in [6.45, 7) is 1.76. The fourth-order valence-corrected chi connectivity index (χ4v) is 4.90. The summed E-state index contributed by atoms with van der Waals surface area (Å²) in [5.41, 5.74) is 1.73. The molecule has 3 nitrogen and oxygen atoms in total. The molecule has 1 spiro atoms. The molecule has 1 heterocycles. The lowest BCUT2D eigenvalue weighted by Crippen LogP contribution is -2.29. The quantitative estimate of drug-likeness (QED) is 0.651. The van der Waals surface area contributed by atoms with Gasteiger partial charge in [-0.15, -0.1) is 0 Å². The molecule has 5 rings (SSSR count). The van der Waals surface area contributed by atoms with E-state index >= 15 is 0 Å². The zero-order valence-corrected chi connectivity index (χ0v) is 15.0. The smallest absolute Gasteiger partial charge is 0.342 e. The molecule has 2 atom stereocenters. The van der Waals surface area contributed by atoms with E-state index in [4.69, 9.17) is 9.73 Å². The Morgan fingerprint density at radius 3 is 1.70 bits per heavy atom. The molecule has 3 aromatic rings. The molecule has 2 aliphatic rings. The van der Waals surface area contributed by atoms with Gasteiger partial charge in [0.15, 0.2) is 11.4 Å². The van der Waals surface area contributed by atoms with Gasteiger partial charge in [-0.1, -0.05) is 91.0 Å². The van der Waals surface area contributed by atoms with E-state index in [9.17, 15) is 4.79 Å². The van der Waals surface area contributed by atoms with Crippen molar-refractivity contribution in [2.45, 2.75) is 23.8 Å². The van der Waals surface area contributed by atoms with Crippen molar-refractivity contribution in [1.82, 2.24) is 0 Å². The standard InChI is InChI=1S/C24H19NO2/c1-17-25-24(22(26)27-17)21(18-11-5-2-6-12-18)23(24,19-13-7-3-8-14-19)20-15-9-4-10-16-20/h2-16,21H,1H3. The Morgan fingerprint density at radius 2 is 1.26 bits per heavy atom. The van der Waals surface area contributed by atoms with Crippen molar-refractivity contribution in [2.24, 2.45) is 4.99 Å². The molecule has 0 saturated heterocycles. The van der Waals surface area contributed by atoms with E-state index in [1.54, 1.807) is 6.92 Å². The van der Waals surface area contributed by atoms with Gasteiger partial charge in [0, 0.05) is 12.8 Å². The number of benzene rings is 3. The average Bonchev–Trinajstić information content (AvgIpc) is 3.22. The molecule has 2 unspecified atom stereocenters. The van der Waals surface area contributed by atoms with Gasteiger partial charge in [0.05, 0.1) is 5.41 Å². The lowest BCUT2D eigenvalue weighted by molar-refractivity contribution is -0.136. The number of nitrogens with zero attached hydrogens (tertiary/aromatic N) is 1. The van der Waals surface area contributed by atoms with E-state index in [0.29, 0.717) is 5.90 Å². The van der Waals surface area contributed by atoms with Gasteiger partial charge >= 0.3 is 5.97 Å². The number of rotatable bonds is 3. The molecule has 1 aliphatic carbocycles. The first-order valence-corrected chi connectivity index (χ1v) is 9.16. The largest absolute Gasteiger partial charge is 0.410 e. The molecular formula is C24H19NO2. The van der Waals surface area contributed by atoms with Gasteiger partial charge in [-0.05, 0) is 16.7 Å². The van der Waals surface area contributed by atoms with Gasteiger partial charge < -0.3 is 4.74 Å². The monoisotopic (exact) mass is 353 g/mol. The van der Waals surface area contributed by atoms with Crippen LogP contribution in [0.5, 0.6) is 0 Å². The highest BCUT2D eigenvalue weighted by molar-refractivity contribution is 6.06. The Morgan fingerprint density at radius 1 is 0.778 bits per heavy atom. The fraction of sp³-hybridized carbons (Fsp3) is 0.167. The topological polar surface area (TPSA) is 38.7 Å². The summed E-state index contributed by atoms with van der Waals surface area (Å²) in [7, 11) is 0. The first-order valence-electron chi connectivity index (χ1n) is 9.16. The van der Waals surface area contributed by atoms with Crippen LogP contribution in [0.4, 0.5) is 0 Å². The predicted octanol–water partition coefficient (Wildman–Crippen LogP) is 4.48. The maximum absolute atomic E-state index is 13.2. The number of hydrogen-bond donors (Lipinski definition) is 0. The minimum absolute atomic E-state index is 0.110.